The third-order valence-corrected chi connectivity index (χ3v) is 2.88. The first-order valence-electron chi connectivity index (χ1n) is 5.47. The minimum atomic E-state index is -0.401. The van der Waals surface area contributed by atoms with Crippen LogP contribution in [-0.2, 0) is 0 Å². The molecular weight excluding hydrogens is 250 g/mol. The number of carbonyl (C=O) groups is 1. The van der Waals surface area contributed by atoms with Gasteiger partial charge in [-0.2, -0.15) is 0 Å². The summed E-state index contributed by atoms with van der Waals surface area (Å²) < 4.78 is 5.19. The molecule has 18 heavy (non-hydrogen) atoms. The molecule has 3 nitrogen and oxygen atoms in total. The van der Waals surface area contributed by atoms with E-state index in [0.717, 1.165) is 11.1 Å². The van der Waals surface area contributed by atoms with Crippen molar-refractivity contribution < 1.29 is 9.53 Å². The van der Waals surface area contributed by atoms with Crippen molar-refractivity contribution in [2.75, 3.05) is 0 Å². The molecule has 0 saturated heterocycles. The van der Waals surface area contributed by atoms with Gasteiger partial charge in [-0.25, -0.2) is 9.78 Å². The fourth-order valence-corrected chi connectivity index (χ4v) is 1.57. The Morgan fingerprint density at radius 2 is 1.94 bits per heavy atom. The summed E-state index contributed by atoms with van der Waals surface area (Å²) in [6.07, 6.45) is 1.42. The highest BCUT2D eigenvalue weighted by atomic mass is 35.5. The Morgan fingerprint density at radius 1 is 1.17 bits per heavy atom. The van der Waals surface area contributed by atoms with E-state index in [1.54, 1.807) is 24.3 Å². The lowest BCUT2D eigenvalue weighted by Crippen LogP contribution is -2.09. The van der Waals surface area contributed by atoms with Crippen molar-refractivity contribution in [1.29, 1.82) is 0 Å². The molecule has 2 aromatic rings. The van der Waals surface area contributed by atoms with Gasteiger partial charge >= 0.3 is 5.97 Å². The zero-order valence-electron chi connectivity index (χ0n) is 10.1. The molecule has 0 aliphatic heterocycles. The highest BCUT2D eigenvalue weighted by Crippen LogP contribution is 2.15. The van der Waals surface area contributed by atoms with Crippen LogP contribution in [0.5, 0.6) is 5.75 Å². The van der Waals surface area contributed by atoms with Crippen molar-refractivity contribution in [3.05, 3.63) is 58.4 Å². The number of esters is 1. The van der Waals surface area contributed by atoms with E-state index in [2.05, 4.69) is 4.98 Å². The van der Waals surface area contributed by atoms with Crippen LogP contribution in [0.15, 0.2) is 36.5 Å². The largest absolute Gasteiger partial charge is 0.421 e. The van der Waals surface area contributed by atoms with Crippen LogP contribution in [0.3, 0.4) is 0 Å². The van der Waals surface area contributed by atoms with Gasteiger partial charge in [0.05, 0.1) is 11.8 Å². The highest BCUT2D eigenvalue weighted by molar-refractivity contribution is 6.29. The fourth-order valence-electron chi connectivity index (χ4n) is 1.46. The van der Waals surface area contributed by atoms with Crippen LogP contribution >= 0.6 is 11.6 Å². The molecule has 4 heteroatoms. The lowest BCUT2D eigenvalue weighted by Gasteiger charge is -2.06. The molecule has 0 atom stereocenters. The third-order valence-electron chi connectivity index (χ3n) is 2.65. The summed E-state index contributed by atoms with van der Waals surface area (Å²) in [6.45, 7) is 3.95. The van der Waals surface area contributed by atoms with Crippen LogP contribution in [0.25, 0.3) is 0 Å². The van der Waals surface area contributed by atoms with Crippen molar-refractivity contribution in [2.24, 2.45) is 0 Å². The van der Waals surface area contributed by atoms with Crippen LogP contribution < -0.4 is 4.74 Å². The van der Waals surface area contributed by atoms with E-state index < -0.39 is 5.97 Å². The zero-order valence-corrected chi connectivity index (χ0v) is 10.9. The normalized spacial score (nSPS) is 10.2. The van der Waals surface area contributed by atoms with E-state index in [4.69, 9.17) is 16.3 Å². The molecule has 0 N–H and O–H groups in total. The monoisotopic (exact) mass is 261 g/mol. The van der Waals surface area contributed by atoms with E-state index in [-0.39, 0.29) is 0 Å². The second-order valence-corrected chi connectivity index (χ2v) is 4.39. The van der Waals surface area contributed by atoms with Gasteiger partial charge < -0.3 is 4.74 Å². The number of ether oxygens (including phenoxy) is 1. The summed E-state index contributed by atoms with van der Waals surface area (Å²) in [5.74, 6) is -0.0233. The van der Waals surface area contributed by atoms with Gasteiger partial charge in [0.1, 0.15) is 10.9 Å². The maximum atomic E-state index is 11.9. The molecule has 2 rings (SSSR count). The molecule has 92 valence electrons. The van der Waals surface area contributed by atoms with Crippen molar-refractivity contribution in [3.8, 4) is 5.75 Å². The molecule has 0 aliphatic carbocycles. The summed E-state index contributed by atoms with van der Waals surface area (Å²) in [5.41, 5.74) is 2.71. The van der Waals surface area contributed by atoms with E-state index in [1.165, 1.54) is 6.20 Å². The number of hydrogen-bond donors (Lipinski definition) is 0. The first-order chi connectivity index (χ1) is 8.56. The Bertz CT molecular complexity index is 579. The molecule has 0 aliphatic rings. The van der Waals surface area contributed by atoms with Gasteiger partial charge in [0, 0.05) is 0 Å². The topological polar surface area (TPSA) is 39.2 Å². The Kier molecular flexibility index (Phi) is 3.63. The Labute approximate surface area is 110 Å². The number of aromatic nitrogens is 1. The Morgan fingerprint density at radius 3 is 2.56 bits per heavy atom. The van der Waals surface area contributed by atoms with E-state index in [0.29, 0.717) is 16.5 Å². The van der Waals surface area contributed by atoms with Crippen molar-refractivity contribution in [2.45, 2.75) is 13.8 Å². The second kappa shape index (κ2) is 5.19. The van der Waals surface area contributed by atoms with E-state index in [1.807, 2.05) is 19.9 Å². The number of rotatable bonds is 2. The lowest BCUT2D eigenvalue weighted by atomic mass is 10.1. The van der Waals surface area contributed by atoms with Crippen LogP contribution in [0.2, 0.25) is 5.15 Å². The van der Waals surface area contributed by atoms with Gasteiger partial charge in [0.15, 0.2) is 0 Å². The zero-order chi connectivity index (χ0) is 13.1. The van der Waals surface area contributed by atoms with E-state index in [9.17, 15) is 4.79 Å². The summed E-state index contributed by atoms with van der Waals surface area (Å²) >= 11 is 5.65. The van der Waals surface area contributed by atoms with Crippen molar-refractivity contribution in [1.82, 2.24) is 4.98 Å². The molecule has 0 fully saturated rings. The van der Waals surface area contributed by atoms with Crippen LogP contribution in [0.4, 0.5) is 0 Å². The number of hydrogen-bond acceptors (Lipinski definition) is 3. The predicted molar refractivity (Wildman–Crippen MR) is 70.1 cm³/mol. The van der Waals surface area contributed by atoms with Crippen molar-refractivity contribution >= 4 is 17.6 Å². The SMILES string of the molecule is Cc1ccc(C(=O)Oc2ccc(Cl)nc2)cc1C. The molecule has 0 unspecified atom stereocenters. The number of aryl methyl sites for hydroxylation is 2. The molecule has 0 bridgehead atoms. The first-order valence-corrected chi connectivity index (χ1v) is 5.85. The van der Waals surface area contributed by atoms with Crippen LogP contribution in [0.1, 0.15) is 21.5 Å². The quantitative estimate of drug-likeness (QED) is 0.613. The summed E-state index contributed by atoms with van der Waals surface area (Å²) in [4.78, 5) is 15.7. The molecule has 1 aromatic carbocycles. The number of nitrogens with zero attached hydrogens (tertiary/aromatic N) is 1. The van der Waals surface area contributed by atoms with Crippen LogP contribution in [-0.4, -0.2) is 11.0 Å². The smallest absolute Gasteiger partial charge is 0.343 e. The van der Waals surface area contributed by atoms with Gasteiger partial charge in [0.2, 0.25) is 0 Å². The summed E-state index contributed by atoms with van der Waals surface area (Å²) in [7, 11) is 0. The standard InChI is InChI=1S/C14H12ClNO2/c1-9-3-4-11(7-10(9)2)14(17)18-12-5-6-13(15)16-8-12/h3-8H,1-2H3. The molecule has 0 radical (unpaired) electrons. The van der Waals surface area contributed by atoms with Gasteiger partial charge in [0.25, 0.3) is 0 Å². The number of carbonyl (C=O) groups excluding carboxylic acids is 1. The number of halogens is 1. The van der Waals surface area contributed by atoms with Gasteiger partial charge in [-0.3, -0.25) is 0 Å². The predicted octanol–water partition coefficient (Wildman–Crippen LogP) is 3.57. The Hall–Kier alpha value is -1.87. The average molecular weight is 262 g/mol. The molecule has 0 saturated carbocycles. The van der Waals surface area contributed by atoms with Gasteiger partial charge in [-0.15, -0.1) is 0 Å². The number of benzene rings is 1. The Balaban J connectivity index is 2.16. The molecule has 0 spiro atoms. The summed E-state index contributed by atoms with van der Waals surface area (Å²) in [5, 5.41) is 0.362. The molecule has 0 amide bonds. The molecular formula is C14H12ClNO2. The minimum Gasteiger partial charge on any atom is -0.421 e. The first kappa shape index (κ1) is 12.6. The lowest BCUT2D eigenvalue weighted by molar-refractivity contribution is 0.0734. The third kappa shape index (κ3) is 2.87. The van der Waals surface area contributed by atoms with Gasteiger partial charge in [-0.05, 0) is 49.2 Å². The highest BCUT2D eigenvalue weighted by Gasteiger charge is 2.09. The maximum absolute atomic E-state index is 11.9. The average Bonchev–Trinajstić information content (AvgIpc) is 2.35. The summed E-state index contributed by atoms with van der Waals surface area (Å²) in [6, 6.07) is 8.62. The maximum Gasteiger partial charge on any atom is 0.343 e. The fraction of sp³-hybridized carbons (Fsp3) is 0.143. The van der Waals surface area contributed by atoms with Crippen LogP contribution in [0, 0.1) is 13.8 Å². The molecule has 1 aromatic heterocycles. The van der Waals surface area contributed by atoms with Crippen molar-refractivity contribution in [3.63, 3.8) is 0 Å². The molecule has 1 heterocycles. The van der Waals surface area contributed by atoms with E-state index >= 15 is 0 Å². The second-order valence-electron chi connectivity index (χ2n) is 4.01. The van der Waals surface area contributed by atoms with Gasteiger partial charge in [-0.1, -0.05) is 17.7 Å². The number of pyridine rings is 1. The minimum absolute atomic E-state index is 0.362.